The molecule has 31 heavy (non-hydrogen) atoms. The number of amides is 1. The van der Waals surface area contributed by atoms with Crippen molar-refractivity contribution in [3.05, 3.63) is 22.2 Å². The lowest BCUT2D eigenvalue weighted by atomic mass is 10.2. The number of aromatic nitrogens is 5. The molecule has 0 unspecified atom stereocenters. The van der Waals surface area contributed by atoms with E-state index in [1.165, 1.54) is 4.52 Å². The number of hydrogen-bond donors (Lipinski definition) is 0. The van der Waals surface area contributed by atoms with Crippen molar-refractivity contribution >= 4 is 44.5 Å². The number of piperazine rings is 1. The molecular formula is C18H19BrF3N7O2. The summed E-state index contributed by atoms with van der Waals surface area (Å²) in [6.45, 7) is 7.09. The Morgan fingerprint density at radius 3 is 2.42 bits per heavy atom. The van der Waals surface area contributed by atoms with Gasteiger partial charge in [-0.2, -0.15) is 17.7 Å². The number of benzene rings is 1. The summed E-state index contributed by atoms with van der Waals surface area (Å²) >= 11 is 3.20. The molecule has 2 aromatic heterocycles. The Morgan fingerprint density at radius 2 is 1.81 bits per heavy atom. The highest BCUT2D eigenvalue weighted by molar-refractivity contribution is 9.10. The Balaban J connectivity index is 1.67. The molecule has 9 nitrogen and oxygen atoms in total. The maximum absolute atomic E-state index is 13.2. The third-order valence-electron chi connectivity index (χ3n) is 4.72. The van der Waals surface area contributed by atoms with Crippen LogP contribution in [0.5, 0.6) is 0 Å². The van der Waals surface area contributed by atoms with Crippen molar-refractivity contribution in [2.45, 2.75) is 32.5 Å². The maximum atomic E-state index is 13.2. The third-order valence-corrected chi connectivity index (χ3v) is 5.32. The molecule has 0 atom stereocenters. The van der Waals surface area contributed by atoms with Crippen LogP contribution in [0.4, 0.5) is 23.8 Å². The number of halogens is 4. The van der Waals surface area contributed by atoms with Crippen molar-refractivity contribution in [1.29, 1.82) is 0 Å². The standard InChI is InChI=1S/C18H19BrF3N7O2/c1-17(2,3)31-16(30)28-6-4-27(5-7-28)14-15-24-25-26-29(15)12-9-10(18(20,21)22)8-11(19)13(12)23-14/h8-9H,4-7H2,1-3H3. The summed E-state index contributed by atoms with van der Waals surface area (Å²) in [4.78, 5) is 20.4. The molecule has 13 heteroatoms. The van der Waals surface area contributed by atoms with E-state index in [1.807, 2.05) is 4.90 Å². The van der Waals surface area contributed by atoms with Gasteiger partial charge in [-0.3, -0.25) is 0 Å². The topological polar surface area (TPSA) is 88.8 Å². The molecule has 3 heterocycles. The number of tetrazole rings is 1. The van der Waals surface area contributed by atoms with Gasteiger partial charge >= 0.3 is 12.3 Å². The van der Waals surface area contributed by atoms with E-state index >= 15 is 0 Å². The molecular weight excluding hydrogens is 483 g/mol. The lowest BCUT2D eigenvalue weighted by Gasteiger charge is -2.36. The van der Waals surface area contributed by atoms with E-state index in [1.54, 1.807) is 25.7 Å². The quantitative estimate of drug-likeness (QED) is 0.503. The van der Waals surface area contributed by atoms with Crippen molar-refractivity contribution in [2.24, 2.45) is 0 Å². The monoisotopic (exact) mass is 501 g/mol. The Bertz CT molecular complexity index is 1150. The minimum atomic E-state index is -4.52. The fourth-order valence-electron chi connectivity index (χ4n) is 3.30. The van der Waals surface area contributed by atoms with Crippen LogP contribution in [0, 0.1) is 0 Å². The highest BCUT2D eigenvalue weighted by atomic mass is 79.9. The van der Waals surface area contributed by atoms with Crippen LogP contribution in [0.3, 0.4) is 0 Å². The van der Waals surface area contributed by atoms with E-state index in [4.69, 9.17) is 4.74 Å². The molecule has 1 saturated heterocycles. The zero-order valence-electron chi connectivity index (χ0n) is 16.9. The summed E-state index contributed by atoms with van der Waals surface area (Å²) in [5, 5.41) is 11.5. The summed E-state index contributed by atoms with van der Waals surface area (Å²) < 4.78 is 46.6. The number of carbonyl (C=O) groups excluding carboxylic acids is 1. The fourth-order valence-corrected chi connectivity index (χ4v) is 3.84. The molecule has 3 aromatic rings. The number of anilines is 1. The molecule has 0 aliphatic carbocycles. The second-order valence-corrected chi connectivity index (χ2v) is 8.98. The molecule has 0 radical (unpaired) electrons. The molecule has 4 rings (SSSR count). The minimum Gasteiger partial charge on any atom is -0.444 e. The number of alkyl halides is 3. The highest BCUT2D eigenvalue weighted by Gasteiger charge is 2.33. The molecule has 0 bridgehead atoms. The van der Waals surface area contributed by atoms with Crippen LogP contribution < -0.4 is 4.90 Å². The van der Waals surface area contributed by atoms with Crippen LogP contribution in [-0.4, -0.2) is 67.8 Å². The largest absolute Gasteiger partial charge is 0.444 e. The summed E-state index contributed by atoms with van der Waals surface area (Å²) in [5.74, 6) is 0.432. The molecule has 1 aliphatic heterocycles. The first-order valence-corrected chi connectivity index (χ1v) is 10.2. The van der Waals surface area contributed by atoms with Gasteiger partial charge in [0, 0.05) is 30.7 Å². The molecule has 1 aromatic carbocycles. The Hall–Kier alpha value is -2.70. The Labute approximate surface area is 183 Å². The Kier molecular flexibility index (Phi) is 5.18. The minimum absolute atomic E-state index is 0.137. The van der Waals surface area contributed by atoms with Gasteiger partial charge in [0.15, 0.2) is 5.82 Å². The van der Waals surface area contributed by atoms with Gasteiger partial charge in [-0.1, -0.05) is 0 Å². The number of carbonyl (C=O) groups is 1. The normalized spacial score (nSPS) is 15.7. The van der Waals surface area contributed by atoms with Crippen molar-refractivity contribution in [1.82, 2.24) is 29.9 Å². The van der Waals surface area contributed by atoms with Gasteiger partial charge in [-0.05, 0) is 59.3 Å². The first kappa shape index (κ1) is 21.5. The highest BCUT2D eigenvalue weighted by Crippen LogP contribution is 2.36. The summed E-state index contributed by atoms with van der Waals surface area (Å²) in [6, 6.07) is 1.95. The van der Waals surface area contributed by atoms with E-state index in [0.29, 0.717) is 37.5 Å². The molecule has 1 fully saturated rings. The lowest BCUT2D eigenvalue weighted by Crippen LogP contribution is -2.50. The number of rotatable bonds is 1. The van der Waals surface area contributed by atoms with Gasteiger partial charge in [-0.15, -0.1) is 5.10 Å². The SMILES string of the molecule is CC(C)(C)OC(=O)N1CCN(c2nc3c(Br)cc(C(F)(F)F)cc3n3nnnc23)CC1. The lowest BCUT2D eigenvalue weighted by molar-refractivity contribution is -0.137. The van der Waals surface area contributed by atoms with E-state index < -0.39 is 23.4 Å². The van der Waals surface area contributed by atoms with Gasteiger partial charge in [0.05, 0.1) is 11.1 Å². The van der Waals surface area contributed by atoms with E-state index in [-0.39, 0.29) is 15.6 Å². The first-order chi connectivity index (χ1) is 14.4. The van der Waals surface area contributed by atoms with Crippen molar-refractivity contribution in [3.63, 3.8) is 0 Å². The second-order valence-electron chi connectivity index (χ2n) is 8.13. The van der Waals surface area contributed by atoms with Crippen molar-refractivity contribution < 1.29 is 22.7 Å². The zero-order valence-corrected chi connectivity index (χ0v) is 18.5. The number of ether oxygens (including phenoxy) is 1. The number of fused-ring (bicyclic) bond motifs is 3. The van der Waals surface area contributed by atoms with Gasteiger partial charge in [0.1, 0.15) is 11.1 Å². The van der Waals surface area contributed by atoms with E-state index in [9.17, 15) is 18.0 Å². The molecule has 166 valence electrons. The zero-order chi connectivity index (χ0) is 22.6. The van der Waals surface area contributed by atoms with Crippen LogP contribution in [0.15, 0.2) is 16.6 Å². The van der Waals surface area contributed by atoms with Crippen LogP contribution >= 0.6 is 15.9 Å². The fraction of sp³-hybridized carbons (Fsp3) is 0.500. The smallest absolute Gasteiger partial charge is 0.416 e. The van der Waals surface area contributed by atoms with Crippen molar-refractivity contribution in [3.8, 4) is 0 Å². The third kappa shape index (κ3) is 4.23. The molecule has 1 amide bonds. The summed E-state index contributed by atoms with van der Waals surface area (Å²) in [7, 11) is 0. The van der Waals surface area contributed by atoms with Gasteiger partial charge in [0.2, 0.25) is 5.65 Å². The second kappa shape index (κ2) is 7.46. The number of hydrogen-bond acceptors (Lipinski definition) is 7. The van der Waals surface area contributed by atoms with Crippen LogP contribution in [0.2, 0.25) is 0 Å². The molecule has 1 aliphatic rings. The average molecular weight is 502 g/mol. The summed E-state index contributed by atoms with van der Waals surface area (Å²) in [5.41, 5.74) is -0.737. The van der Waals surface area contributed by atoms with E-state index in [0.717, 1.165) is 12.1 Å². The van der Waals surface area contributed by atoms with Gasteiger partial charge < -0.3 is 14.5 Å². The predicted octanol–water partition coefficient (Wildman–Crippen LogP) is 3.51. The first-order valence-electron chi connectivity index (χ1n) is 9.45. The van der Waals surface area contributed by atoms with Gasteiger partial charge in [0.25, 0.3) is 0 Å². The van der Waals surface area contributed by atoms with Crippen molar-refractivity contribution in [2.75, 3.05) is 31.1 Å². The molecule has 0 N–H and O–H groups in total. The molecule has 0 spiro atoms. The van der Waals surface area contributed by atoms with Crippen LogP contribution in [0.1, 0.15) is 26.3 Å². The molecule has 0 saturated carbocycles. The maximum Gasteiger partial charge on any atom is 0.416 e. The van der Waals surface area contributed by atoms with Gasteiger partial charge in [-0.25, -0.2) is 9.78 Å². The van der Waals surface area contributed by atoms with Crippen LogP contribution in [0.25, 0.3) is 16.7 Å². The van der Waals surface area contributed by atoms with E-state index in [2.05, 4.69) is 36.4 Å². The van der Waals surface area contributed by atoms with Crippen LogP contribution in [-0.2, 0) is 10.9 Å². The average Bonchev–Trinajstić information content (AvgIpc) is 3.15. The number of nitrogens with zero attached hydrogens (tertiary/aromatic N) is 7. The Morgan fingerprint density at radius 1 is 1.13 bits per heavy atom. The predicted molar refractivity (Wildman–Crippen MR) is 109 cm³/mol. The summed E-state index contributed by atoms with van der Waals surface area (Å²) in [6.07, 6.45) is -4.91.